The molecule has 0 unspecified atom stereocenters. The molecule has 1 heterocycles. The average molecular weight is 308 g/mol. The molecule has 0 aliphatic heterocycles. The van der Waals surface area contributed by atoms with Crippen LogP contribution in [-0.2, 0) is 11.3 Å². The van der Waals surface area contributed by atoms with Gasteiger partial charge in [-0.05, 0) is 41.5 Å². The number of hydrogen-bond acceptors (Lipinski definition) is 4. The van der Waals surface area contributed by atoms with Crippen LogP contribution in [0.1, 0.15) is 11.1 Å². The molecule has 3 aromatic rings. The van der Waals surface area contributed by atoms with Crippen molar-refractivity contribution in [2.75, 3.05) is 5.73 Å². The molecule has 1 amide bonds. The fourth-order valence-corrected chi connectivity index (χ4v) is 2.19. The minimum Gasteiger partial charge on any atom is -0.508 e. The molecule has 0 bridgehead atoms. The maximum absolute atomic E-state index is 11.8. The van der Waals surface area contributed by atoms with E-state index in [4.69, 9.17) is 5.73 Å². The number of fused-ring (bicyclic) bond motifs is 1. The highest BCUT2D eigenvalue weighted by Crippen LogP contribution is 2.19. The van der Waals surface area contributed by atoms with Crippen molar-refractivity contribution in [2.24, 2.45) is 0 Å². The lowest BCUT2D eigenvalue weighted by atomic mass is 10.1. The van der Waals surface area contributed by atoms with E-state index in [1.807, 2.05) is 18.2 Å². The summed E-state index contributed by atoms with van der Waals surface area (Å²) in [5.41, 5.74) is 8.40. The second kappa shape index (κ2) is 6.23. The Bertz CT molecular complexity index is 866. The fourth-order valence-electron chi connectivity index (χ4n) is 2.19. The minimum atomic E-state index is -0.196. The number of amides is 1. The van der Waals surface area contributed by atoms with Crippen LogP contribution < -0.4 is 11.1 Å². The van der Waals surface area contributed by atoms with E-state index >= 15 is 0 Å². The van der Waals surface area contributed by atoms with Crippen LogP contribution in [0.4, 0.5) is 5.82 Å². The molecule has 1 aromatic heterocycles. The summed E-state index contributed by atoms with van der Waals surface area (Å²) in [6, 6.07) is 12.3. The number of nitrogens with zero attached hydrogens (tertiary/aromatic N) is 1. The number of hydrogen-bond donors (Lipinski definition) is 4. The Morgan fingerprint density at radius 2 is 2.04 bits per heavy atom. The summed E-state index contributed by atoms with van der Waals surface area (Å²) >= 11 is 0. The molecule has 23 heavy (non-hydrogen) atoms. The number of phenolic OH excluding ortho intramolecular Hbond substituents is 1. The Balaban J connectivity index is 1.62. The number of aromatic amines is 1. The minimum absolute atomic E-state index is 0.196. The molecule has 3 rings (SSSR count). The summed E-state index contributed by atoms with van der Waals surface area (Å²) in [6.07, 6.45) is 3.19. The van der Waals surface area contributed by atoms with Crippen molar-refractivity contribution in [1.82, 2.24) is 15.5 Å². The van der Waals surface area contributed by atoms with Crippen LogP contribution in [0.15, 0.2) is 48.5 Å². The Morgan fingerprint density at radius 1 is 1.26 bits per heavy atom. The van der Waals surface area contributed by atoms with Crippen LogP contribution in [0, 0.1) is 0 Å². The van der Waals surface area contributed by atoms with Crippen molar-refractivity contribution in [3.05, 3.63) is 59.7 Å². The molecule has 6 heteroatoms. The number of benzene rings is 2. The van der Waals surface area contributed by atoms with Gasteiger partial charge in [-0.2, -0.15) is 5.10 Å². The molecule has 116 valence electrons. The Morgan fingerprint density at radius 3 is 2.83 bits per heavy atom. The molecule has 0 aliphatic carbocycles. The third-order valence-corrected chi connectivity index (χ3v) is 3.45. The van der Waals surface area contributed by atoms with Crippen molar-refractivity contribution in [2.45, 2.75) is 6.54 Å². The fraction of sp³-hybridized carbons (Fsp3) is 0.0588. The van der Waals surface area contributed by atoms with E-state index in [-0.39, 0.29) is 11.7 Å². The summed E-state index contributed by atoms with van der Waals surface area (Å²) in [4.78, 5) is 11.8. The summed E-state index contributed by atoms with van der Waals surface area (Å²) < 4.78 is 0. The molecule has 0 spiro atoms. The van der Waals surface area contributed by atoms with Gasteiger partial charge >= 0.3 is 0 Å². The van der Waals surface area contributed by atoms with Gasteiger partial charge in [-0.3, -0.25) is 9.89 Å². The van der Waals surface area contributed by atoms with Gasteiger partial charge in [0, 0.05) is 18.0 Å². The van der Waals surface area contributed by atoms with Gasteiger partial charge in [0.2, 0.25) is 5.91 Å². The zero-order valence-electron chi connectivity index (χ0n) is 12.3. The van der Waals surface area contributed by atoms with Crippen molar-refractivity contribution in [3.63, 3.8) is 0 Å². The van der Waals surface area contributed by atoms with Gasteiger partial charge in [-0.1, -0.05) is 18.2 Å². The first-order valence-electron chi connectivity index (χ1n) is 7.09. The normalized spacial score (nSPS) is 11.1. The van der Waals surface area contributed by atoms with Gasteiger partial charge < -0.3 is 16.2 Å². The SMILES string of the molecule is Nc1n[nH]c2ccc(C=CC(=O)NCc3ccc(O)cc3)cc12. The highest BCUT2D eigenvalue weighted by molar-refractivity contribution is 5.94. The van der Waals surface area contributed by atoms with Gasteiger partial charge in [0.25, 0.3) is 0 Å². The molecule has 2 aromatic carbocycles. The number of nitrogen functional groups attached to an aromatic ring is 1. The zero-order valence-corrected chi connectivity index (χ0v) is 12.3. The van der Waals surface area contributed by atoms with Crippen LogP contribution >= 0.6 is 0 Å². The lowest BCUT2D eigenvalue weighted by Crippen LogP contribution is -2.20. The van der Waals surface area contributed by atoms with E-state index in [0.29, 0.717) is 12.4 Å². The van der Waals surface area contributed by atoms with Crippen LogP contribution in [-0.4, -0.2) is 21.2 Å². The monoisotopic (exact) mass is 308 g/mol. The second-order valence-corrected chi connectivity index (χ2v) is 5.13. The largest absolute Gasteiger partial charge is 0.508 e. The Labute approximate surface area is 132 Å². The quantitative estimate of drug-likeness (QED) is 0.554. The summed E-state index contributed by atoms with van der Waals surface area (Å²) in [5.74, 6) is 0.444. The highest BCUT2D eigenvalue weighted by atomic mass is 16.3. The molecule has 0 radical (unpaired) electrons. The number of aromatic nitrogens is 2. The van der Waals surface area contributed by atoms with E-state index in [9.17, 15) is 9.90 Å². The zero-order chi connectivity index (χ0) is 16.2. The molecular weight excluding hydrogens is 292 g/mol. The smallest absolute Gasteiger partial charge is 0.244 e. The molecule has 6 nitrogen and oxygen atoms in total. The van der Waals surface area contributed by atoms with Crippen LogP contribution in [0.2, 0.25) is 0 Å². The van der Waals surface area contributed by atoms with E-state index in [1.165, 1.54) is 6.08 Å². The van der Waals surface area contributed by atoms with E-state index in [0.717, 1.165) is 22.0 Å². The van der Waals surface area contributed by atoms with Crippen molar-refractivity contribution < 1.29 is 9.90 Å². The summed E-state index contributed by atoms with van der Waals surface area (Å²) in [6.45, 7) is 0.400. The first-order chi connectivity index (χ1) is 11.1. The maximum Gasteiger partial charge on any atom is 0.244 e. The predicted molar refractivity (Wildman–Crippen MR) is 89.5 cm³/mol. The highest BCUT2D eigenvalue weighted by Gasteiger charge is 2.02. The van der Waals surface area contributed by atoms with E-state index in [1.54, 1.807) is 30.3 Å². The van der Waals surface area contributed by atoms with Gasteiger partial charge in [-0.25, -0.2) is 0 Å². The van der Waals surface area contributed by atoms with Gasteiger partial charge in [0.1, 0.15) is 5.75 Å². The predicted octanol–water partition coefficient (Wildman–Crippen LogP) is 2.18. The van der Waals surface area contributed by atoms with Gasteiger partial charge in [0.05, 0.1) is 5.52 Å². The first kappa shape index (κ1) is 14.6. The summed E-state index contributed by atoms with van der Waals surface area (Å²) in [5, 5.41) is 19.6. The molecule has 0 atom stereocenters. The number of nitrogens with two attached hydrogens (primary N) is 1. The number of aromatic hydroxyl groups is 1. The van der Waals surface area contributed by atoms with Gasteiger partial charge in [-0.15, -0.1) is 0 Å². The maximum atomic E-state index is 11.8. The third-order valence-electron chi connectivity index (χ3n) is 3.45. The molecule has 0 saturated carbocycles. The second-order valence-electron chi connectivity index (χ2n) is 5.13. The molecule has 0 fully saturated rings. The third kappa shape index (κ3) is 3.49. The van der Waals surface area contributed by atoms with E-state index < -0.39 is 0 Å². The molecule has 0 saturated heterocycles. The number of phenols is 1. The van der Waals surface area contributed by atoms with Crippen LogP contribution in [0.25, 0.3) is 17.0 Å². The average Bonchev–Trinajstić information content (AvgIpc) is 2.93. The topological polar surface area (TPSA) is 104 Å². The number of carbonyl (C=O) groups excluding carboxylic acids is 1. The Kier molecular flexibility index (Phi) is 3.97. The Hall–Kier alpha value is -3.28. The number of H-pyrrole nitrogens is 1. The lowest BCUT2D eigenvalue weighted by Gasteiger charge is -2.02. The van der Waals surface area contributed by atoms with Crippen LogP contribution in [0.5, 0.6) is 5.75 Å². The number of rotatable bonds is 4. The van der Waals surface area contributed by atoms with Crippen LogP contribution in [0.3, 0.4) is 0 Å². The first-order valence-corrected chi connectivity index (χ1v) is 7.09. The van der Waals surface area contributed by atoms with Crippen molar-refractivity contribution in [3.8, 4) is 5.75 Å². The molecule has 0 aliphatic rings. The van der Waals surface area contributed by atoms with Crippen molar-refractivity contribution in [1.29, 1.82) is 0 Å². The van der Waals surface area contributed by atoms with Crippen molar-refractivity contribution >= 4 is 28.7 Å². The molecular formula is C17H16N4O2. The number of nitrogens with one attached hydrogen (secondary N) is 2. The molecule has 5 N–H and O–H groups in total. The standard InChI is InChI=1S/C17H16N4O2/c18-17-14-9-11(3-7-15(14)20-21-17)4-8-16(23)19-10-12-1-5-13(22)6-2-12/h1-9,22H,10H2,(H,19,23)(H3,18,20,21). The van der Waals surface area contributed by atoms with Gasteiger partial charge in [0.15, 0.2) is 5.82 Å². The van der Waals surface area contributed by atoms with E-state index in [2.05, 4.69) is 15.5 Å². The summed E-state index contributed by atoms with van der Waals surface area (Å²) in [7, 11) is 0. The number of carbonyl (C=O) groups is 1. The lowest BCUT2D eigenvalue weighted by molar-refractivity contribution is -0.116. The number of anilines is 1.